The van der Waals surface area contributed by atoms with E-state index in [2.05, 4.69) is 21.8 Å². The molecule has 3 heterocycles. The molecule has 5 heteroatoms. The van der Waals surface area contributed by atoms with Crippen LogP contribution in [-0.4, -0.2) is 47.6 Å². The smallest absolute Gasteiger partial charge is 0.135 e. The summed E-state index contributed by atoms with van der Waals surface area (Å²) < 4.78 is 0. The lowest BCUT2D eigenvalue weighted by Crippen LogP contribution is -2.52. The number of likely N-dealkylation sites (tertiary alicyclic amines) is 1. The van der Waals surface area contributed by atoms with Crippen molar-refractivity contribution in [2.24, 2.45) is 5.92 Å². The first-order valence-corrected chi connectivity index (χ1v) is 8.58. The maximum atomic E-state index is 6.22. The van der Waals surface area contributed by atoms with Gasteiger partial charge in [-0.2, -0.15) is 0 Å². The van der Waals surface area contributed by atoms with Crippen molar-refractivity contribution in [3.05, 3.63) is 17.0 Å². The number of hydrogen-bond acceptors (Lipinski definition) is 4. The van der Waals surface area contributed by atoms with Gasteiger partial charge in [-0.1, -0.05) is 11.6 Å². The first-order chi connectivity index (χ1) is 10.2. The molecule has 2 unspecified atom stereocenters. The first-order valence-electron chi connectivity index (χ1n) is 8.20. The molecule has 114 valence electrons. The van der Waals surface area contributed by atoms with Crippen LogP contribution in [0, 0.1) is 5.92 Å². The normalized spacial score (nSPS) is 30.3. The number of aromatic nitrogens is 2. The summed E-state index contributed by atoms with van der Waals surface area (Å²) in [4.78, 5) is 14.2. The lowest BCUT2D eigenvalue weighted by atomic mass is 9.84. The zero-order chi connectivity index (χ0) is 14.4. The van der Waals surface area contributed by atoms with Crippen LogP contribution in [0.3, 0.4) is 0 Å². The van der Waals surface area contributed by atoms with Crippen molar-refractivity contribution in [1.29, 1.82) is 0 Å². The van der Waals surface area contributed by atoms with Crippen molar-refractivity contribution in [3.63, 3.8) is 0 Å². The highest BCUT2D eigenvalue weighted by molar-refractivity contribution is 6.29. The Balaban J connectivity index is 1.54. The number of hydrogen-bond donors (Lipinski definition) is 0. The fourth-order valence-corrected chi connectivity index (χ4v) is 4.15. The van der Waals surface area contributed by atoms with Crippen molar-refractivity contribution in [3.8, 4) is 0 Å². The van der Waals surface area contributed by atoms with Crippen molar-refractivity contribution < 1.29 is 0 Å². The number of fused-ring (bicyclic) bond motifs is 1. The zero-order valence-corrected chi connectivity index (χ0v) is 13.4. The topological polar surface area (TPSA) is 32.3 Å². The van der Waals surface area contributed by atoms with Gasteiger partial charge in [-0.15, -0.1) is 0 Å². The van der Waals surface area contributed by atoms with E-state index in [0.29, 0.717) is 11.1 Å². The average molecular weight is 307 g/mol. The van der Waals surface area contributed by atoms with E-state index in [-0.39, 0.29) is 0 Å². The van der Waals surface area contributed by atoms with Gasteiger partial charge in [0.15, 0.2) is 0 Å². The van der Waals surface area contributed by atoms with Crippen LogP contribution in [0.15, 0.2) is 6.07 Å². The molecule has 1 aromatic heterocycles. The summed E-state index contributed by atoms with van der Waals surface area (Å²) in [5, 5.41) is 0.602. The first kappa shape index (κ1) is 13.8. The molecule has 2 aliphatic heterocycles. The monoisotopic (exact) mass is 306 g/mol. The molecule has 2 saturated heterocycles. The molecular formula is C16H23ClN4. The molecule has 4 nitrogen and oxygen atoms in total. The van der Waals surface area contributed by atoms with Gasteiger partial charge in [0.25, 0.3) is 0 Å². The quantitative estimate of drug-likeness (QED) is 0.787. The van der Waals surface area contributed by atoms with Crippen LogP contribution in [0.5, 0.6) is 0 Å². The summed E-state index contributed by atoms with van der Waals surface area (Å²) in [6, 6.07) is 2.70. The van der Waals surface area contributed by atoms with Gasteiger partial charge in [0.1, 0.15) is 16.8 Å². The Hall–Kier alpha value is -0.870. The maximum Gasteiger partial charge on any atom is 0.135 e. The highest BCUT2D eigenvalue weighted by atomic mass is 35.5. The van der Waals surface area contributed by atoms with Crippen LogP contribution in [0.4, 0.5) is 5.82 Å². The van der Waals surface area contributed by atoms with Crippen LogP contribution < -0.4 is 4.90 Å². The van der Waals surface area contributed by atoms with Crippen LogP contribution in [0.25, 0.3) is 0 Å². The fourth-order valence-electron chi connectivity index (χ4n) is 3.97. The Kier molecular flexibility index (Phi) is 3.54. The predicted molar refractivity (Wildman–Crippen MR) is 85.0 cm³/mol. The van der Waals surface area contributed by atoms with Crippen molar-refractivity contribution in [1.82, 2.24) is 14.9 Å². The molecular weight excluding hydrogens is 284 g/mol. The van der Waals surface area contributed by atoms with Crippen LogP contribution in [0.2, 0.25) is 5.15 Å². The van der Waals surface area contributed by atoms with Crippen LogP contribution >= 0.6 is 11.6 Å². The summed E-state index contributed by atoms with van der Waals surface area (Å²) >= 11 is 6.22. The molecule has 0 amide bonds. The zero-order valence-electron chi connectivity index (χ0n) is 12.6. The second kappa shape index (κ2) is 5.40. The molecule has 0 spiro atoms. The molecule has 0 aromatic carbocycles. The molecule has 1 aliphatic carbocycles. The van der Waals surface area contributed by atoms with Gasteiger partial charge in [-0.3, -0.25) is 0 Å². The van der Waals surface area contributed by atoms with Gasteiger partial charge in [-0.25, -0.2) is 9.97 Å². The third-order valence-corrected chi connectivity index (χ3v) is 5.50. The Labute approximate surface area is 131 Å². The minimum absolute atomic E-state index is 0.556. The van der Waals surface area contributed by atoms with E-state index >= 15 is 0 Å². The predicted octanol–water partition coefficient (Wildman–Crippen LogP) is 2.93. The number of rotatable bonds is 2. The lowest BCUT2D eigenvalue weighted by molar-refractivity contribution is 0.102. The second-order valence-electron chi connectivity index (χ2n) is 6.87. The average Bonchev–Trinajstić information content (AvgIpc) is 3.31. The molecule has 0 bridgehead atoms. The third kappa shape index (κ3) is 2.76. The van der Waals surface area contributed by atoms with Gasteiger partial charge in [0.05, 0.1) is 0 Å². The number of anilines is 1. The highest BCUT2D eigenvalue weighted by Gasteiger charge is 2.35. The minimum atomic E-state index is 0.556. The Morgan fingerprint density at radius 1 is 1.14 bits per heavy atom. The molecule has 21 heavy (non-hydrogen) atoms. The van der Waals surface area contributed by atoms with E-state index in [4.69, 9.17) is 16.6 Å². The second-order valence-corrected chi connectivity index (χ2v) is 7.25. The fraction of sp³-hybridized carbons (Fsp3) is 0.750. The van der Waals surface area contributed by atoms with Crippen LogP contribution in [0.1, 0.15) is 43.8 Å². The van der Waals surface area contributed by atoms with Gasteiger partial charge >= 0.3 is 0 Å². The van der Waals surface area contributed by atoms with E-state index in [0.717, 1.165) is 36.7 Å². The number of halogens is 1. The molecule has 0 N–H and O–H groups in total. The van der Waals surface area contributed by atoms with Crippen molar-refractivity contribution in [2.45, 2.75) is 44.1 Å². The van der Waals surface area contributed by atoms with E-state index in [1.165, 1.54) is 38.6 Å². The molecule has 3 fully saturated rings. The maximum absolute atomic E-state index is 6.22. The Morgan fingerprint density at radius 2 is 2.00 bits per heavy atom. The van der Waals surface area contributed by atoms with E-state index < -0.39 is 0 Å². The Morgan fingerprint density at radius 3 is 2.81 bits per heavy atom. The van der Waals surface area contributed by atoms with Crippen molar-refractivity contribution in [2.75, 3.05) is 31.6 Å². The Bertz CT molecular complexity index is 531. The minimum Gasteiger partial charge on any atom is -0.356 e. The van der Waals surface area contributed by atoms with Gasteiger partial charge < -0.3 is 9.80 Å². The largest absolute Gasteiger partial charge is 0.356 e. The summed E-state index contributed by atoms with van der Waals surface area (Å²) in [7, 11) is 2.28. The van der Waals surface area contributed by atoms with Gasteiger partial charge in [0, 0.05) is 31.1 Å². The molecule has 1 aromatic rings. The summed E-state index contributed by atoms with van der Waals surface area (Å²) in [5.41, 5.74) is 0. The van der Waals surface area contributed by atoms with Gasteiger partial charge in [0.2, 0.25) is 0 Å². The lowest BCUT2D eigenvalue weighted by Gasteiger charge is -2.46. The standard InChI is InChI=1S/C16H23ClN4/c1-20-7-2-3-12-10-21(8-6-13(12)20)15-9-14(17)18-16(19-15)11-4-5-11/h9,11-13H,2-8,10H2,1H3. The highest BCUT2D eigenvalue weighted by Crippen LogP contribution is 2.39. The number of piperidine rings is 2. The summed E-state index contributed by atoms with van der Waals surface area (Å²) in [6.45, 7) is 3.46. The van der Waals surface area contributed by atoms with E-state index in [1.54, 1.807) is 0 Å². The van der Waals surface area contributed by atoms with E-state index in [1.807, 2.05) is 6.07 Å². The molecule has 0 radical (unpaired) electrons. The van der Waals surface area contributed by atoms with Crippen LogP contribution in [-0.2, 0) is 0 Å². The van der Waals surface area contributed by atoms with Crippen molar-refractivity contribution >= 4 is 17.4 Å². The van der Waals surface area contributed by atoms with Gasteiger partial charge in [-0.05, 0) is 51.6 Å². The number of nitrogens with zero attached hydrogens (tertiary/aromatic N) is 4. The molecule has 3 aliphatic rings. The molecule has 2 atom stereocenters. The van der Waals surface area contributed by atoms with E-state index in [9.17, 15) is 0 Å². The molecule has 1 saturated carbocycles. The SMILES string of the molecule is CN1CCCC2CN(c3cc(Cl)nc(C4CC4)n3)CCC21. The molecule has 4 rings (SSSR count). The third-order valence-electron chi connectivity index (χ3n) is 5.31. The summed E-state index contributed by atoms with van der Waals surface area (Å²) in [5.74, 6) is 3.33. The summed E-state index contributed by atoms with van der Waals surface area (Å²) in [6.07, 6.45) is 6.34.